The number of benzene rings is 1. The van der Waals surface area contributed by atoms with E-state index in [0.29, 0.717) is 10.1 Å². The van der Waals surface area contributed by atoms with Crippen LogP contribution in [-0.4, -0.2) is 27.4 Å². The zero-order chi connectivity index (χ0) is 20.5. The second kappa shape index (κ2) is 8.38. The third kappa shape index (κ3) is 3.71. The van der Waals surface area contributed by atoms with Gasteiger partial charge < -0.3 is 19.5 Å². The second-order valence-electron chi connectivity index (χ2n) is 7.69. The zero-order valence-electron chi connectivity index (χ0n) is 16.4. The summed E-state index contributed by atoms with van der Waals surface area (Å²) in [6.45, 7) is 1.69. The molecule has 0 aliphatic carbocycles. The summed E-state index contributed by atoms with van der Waals surface area (Å²) >= 11 is 11.9. The summed E-state index contributed by atoms with van der Waals surface area (Å²) in [5, 5.41) is 4.90. The Morgan fingerprint density at radius 2 is 2.00 bits per heavy atom. The number of pyridine rings is 1. The molecule has 4 heterocycles. The molecule has 0 unspecified atom stereocenters. The lowest BCUT2D eigenvalue weighted by molar-refractivity contribution is 0.0961. The third-order valence-electron chi connectivity index (χ3n) is 5.79. The van der Waals surface area contributed by atoms with Crippen LogP contribution >= 0.6 is 23.8 Å². The van der Waals surface area contributed by atoms with Gasteiger partial charge in [0, 0.05) is 41.9 Å². The Kier molecular flexibility index (Phi) is 5.46. The third-order valence-corrected chi connectivity index (χ3v) is 6.36. The van der Waals surface area contributed by atoms with E-state index in [1.807, 2.05) is 48.7 Å². The van der Waals surface area contributed by atoms with E-state index in [9.17, 15) is 0 Å². The highest BCUT2D eigenvalue weighted by molar-refractivity contribution is 7.80. The van der Waals surface area contributed by atoms with Gasteiger partial charge in [-0.05, 0) is 73.6 Å². The molecule has 5 nitrogen and oxygen atoms in total. The largest absolute Gasteiger partial charge is 0.376 e. The minimum absolute atomic E-state index is 0.0371. The highest BCUT2D eigenvalue weighted by atomic mass is 35.5. The topological polar surface area (TPSA) is 42.3 Å². The van der Waals surface area contributed by atoms with Crippen molar-refractivity contribution in [1.29, 1.82) is 0 Å². The van der Waals surface area contributed by atoms with Crippen molar-refractivity contribution in [3.8, 4) is 0 Å². The molecule has 0 bridgehead atoms. The van der Waals surface area contributed by atoms with Gasteiger partial charge >= 0.3 is 0 Å². The lowest BCUT2D eigenvalue weighted by Gasteiger charge is -2.29. The van der Waals surface area contributed by atoms with Crippen LogP contribution in [0.2, 0.25) is 5.02 Å². The fraction of sp³-hybridized carbons (Fsp3) is 0.304. The molecule has 30 heavy (non-hydrogen) atoms. The SMILES string of the molecule is S=C1N[C@@H](c2ccccn2)[C@H](c2cccn2C[C@@H]2CCCO2)N1c1ccc(Cl)cc1. The average molecular weight is 439 g/mol. The number of thiocarbonyl (C=S) groups is 1. The number of rotatable bonds is 5. The molecule has 2 aliphatic rings. The Morgan fingerprint density at radius 1 is 1.13 bits per heavy atom. The number of anilines is 1. The van der Waals surface area contributed by atoms with E-state index in [-0.39, 0.29) is 18.2 Å². The molecule has 0 saturated carbocycles. The van der Waals surface area contributed by atoms with Crippen molar-refractivity contribution < 1.29 is 4.74 Å². The standard InChI is InChI=1S/C23H23ClN4OS/c24-16-8-10-17(11-9-16)28-22(21(26-23(28)30)19-6-1-2-12-25-19)20-7-3-13-27(20)15-18-5-4-14-29-18/h1-3,6-13,18,21-22H,4-5,14-15H2,(H,26,30)/t18-,21-,22-/m0/s1. The highest BCUT2D eigenvalue weighted by Gasteiger charge is 2.42. The van der Waals surface area contributed by atoms with Crippen molar-refractivity contribution in [3.63, 3.8) is 0 Å². The molecule has 5 rings (SSSR count). The smallest absolute Gasteiger partial charge is 0.174 e. The number of hydrogen-bond donors (Lipinski definition) is 1. The van der Waals surface area contributed by atoms with Crippen LogP contribution in [0.15, 0.2) is 67.0 Å². The number of hydrogen-bond acceptors (Lipinski definition) is 3. The monoisotopic (exact) mass is 438 g/mol. The van der Waals surface area contributed by atoms with Crippen LogP contribution in [0.25, 0.3) is 0 Å². The van der Waals surface area contributed by atoms with Gasteiger partial charge in [0.05, 0.1) is 17.8 Å². The highest BCUT2D eigenvalue weighted by Crippen LogP contribution is 2.42. The Bertz CT molecular complexity index is 1020. The normalized spacial score (nSPS) is 23.7. The van der Waals surface area contributed by atoms with Gasteiger partial charge in [-0.25, -0.2) is 0 Å². The Labute approximate surface area is 186 Å². The molecule has 2 saturated heterocycles. The van der Waals surface area contributed by atoms with Gasteiger partial charge in [-0.3, -0.25) is 4.98 Å². The van der Waals surface area contributed by atoms with Gasteiger partial charge in [-0.15, -0.1) is 0 Å². The molecule has 0 radical (unpaired) electrons. The van der Waals surface area contributed by atoms with E-state index in [2.05, 4.69) is 38.1 Å². The Balaban J connectivity index is 1.57. The van der Waals surface area contributed by atoms with Crippen LogP contribution in [0.5, 0.6) is 0 Å². The summed E-state index contributed by atoms with van der Waals surface area (Å²) in [5.74, 6) is 0. The van der Waals surface area contributed by atoms with Crippen molar-refractivity contribution in [2.75, 3.05) is 11.5 Å². The first-order valence-electron chi connectivity index (χ1n) is 10.2. The van der Waals surface area contributed by atoms with Gasteiger partial charge in [0.2, 0.25) is 0 Å². The quantitative estimate of drug-likeness (QED) is 0.574. The van der Waals surface area contributed by atoms with Crippen LogP contribution < -0.4 is 10.2 Å². The molecule has 2 aromatic heterocycles. The summed E-state index contributed by atoms with van der Waals surface area (Å²) in [5.41, 5.74) is 3.15. The number of aromatic nitrogens is 2. The van der Waals surface area contributed by atoms with E-state index in [4.69, 9.17) is 28.6 Å². The van der Waals surface area contributed by atoms with Crippen molar-refractivity contribution in [2.45, 2.75) is 37.6 Å². The van der Waals surface area contributed by atoms with E-state index in [0.717, 1.165) is 37.4 Å². The molecule has 154 valence electrons. The molecule has 7 heteroatoms. The van der Waals surface area contributed by atoms with Crippen LogP contribution in [0, 0.1) is 0 Å². The number of ether oxygens (including phenoxy) is 1. The van der Waals surface area contributed by atoms with Crippen LogP contribution in [0.4, 0.5) is 5.69 Å². The summed E-state index contributed by atoms with van der Waals surface area (Å²) in [7, 11) is 0. The molecular formula is C23H23ClN4OS. The van der Waals surface area contributed by atoms with E-state index in [1.54, 1.807) is 0 Å². The lowest BCUT2D eigenvalue weighted by atomic mass is 10.0. The molecular weight excluding hydrogens is 416 g/mol. The molecule has 3 aromatic rings. The first-order chi connectivity index (χ1) is 14.7. The number of halogens is 1. The predicted octanol–water partition coefficient (Wildman–Crippen LogP) is 4.89. The molecule has 0 amide bonds. The average Bonchev–Trinajstić information content (AvgIpc) is 3.50. The van der Waals surface area contributed by atoms with E-state index >= 15 is 0 Å². The second-order valence-corrected chi connectivity index (χ2v) is 8.52. The minimum Gasteiger partial charge on any atom is -0.376 e. The van der Waals surface area contributed by atoms with E-state index in [1.165, 1.54) is 5.69 Å². The van der Waals surface area contributed by atoms with Gasteiger partial charge in [0.1, 0.15) is 6.04 Å². The summed E-state index contributed by atoms with van der Waals surface area (Å²) in [6.07, 6.45) is 6.45. The van der Waals surface area contributed by atoms with Crippen molar-refractivity contribution in [2.24, 2.45) is 0 Å². The molecule has 3 atom stereocenters. The first-order valence-corrected chi connectivity index (χ1v) is 11.0. The van der Waals surface area contributed by atoms with Crippen LogP contribution in [0.1, 0.15) is 36.3 Å². The predicted molar refractivity (Wildman–Crippen MR) is 123 cm³/mol. The zero-order valence-corrected chi connectivity index (χ0v) is 18.0. The maximum absolute atomic E-state index is 6.14. The maximum atomic E-state index is 6.14. The lowest BCUT2D eigenvalue weighted by Crippen LogP contribution is -2.31. The fourth-order valence-electron chi connectivity index (χ4n) is 4.40. The van der Waals surface area contributed by atoms with Crippen molar-refractivity contribution in [3.05, 3.63) is 83.4 Å². The van der Waals surface area contributed by atoms with Gasteiger partial charge in [-0.2, -0.15) is 0 Å². The van der Waals surface area contributed by atoms with Gasteiger partial charge in [-0.1, -0.05) is 17.7 Å². The van der Waals surface area contributed by atoms with Crippen LogP contribution in [-0.2, 0) is 11.3 Å². The van der Waals surface area contributed by atoms with Crippen molar-refractivity contribution >= 4 is 34.6 Å². The Morgan fingerprint density at radius 3 is 2.73 bits per heavy atom. The van der Waals surface area contributed by atoms with E-state index < -0.39 is 0 Å². The fourth-order valence-corrected chi connectivity index (χ4v) is 4.88. The van der Waals surface area contributed by atoms with Crippen molar-refractivity contribution in [1.82, 2.24) is 14.9 Å². The molecule has 1 N–H and O–H groups in total. The number of nitrogens with zero attached hydrogens (tertiary/aromatic N) is 3. The maximum Gasteiger partial charge on any atom is 0.174 e. The van der Waals surface area contributed by atoms with Crippen LogP contribution in [0.3, 0.4) is 0 Å². The molecule has 2 fully saturated rings. The number of nitrogens with one attached hydrogen (secondary N) is 1. The molecule has 2 aliphatic heterocycles. The minimum atomic E-state index is -0.0625. The first kappa shape index (κ1) is 19.5. The summed E-state index contributed by atoms with van der Waals surface area (Å²) < 4.78 is 8.20. The Hall–Kier alpha value is -2.41. The molecule has 1 aromatic carbocycles. The van der Waals surface area contributed by atoms with Gasteiger partial charge in [0.25, 0.3) is 0 Å². The summed E-state index contributed by atoms with van der Waals surface area (Å²) in [4.78, 5) is 6.80. The summed E-state index contributed by atoms with van der Waals surface area (Å²) in [6, 6.07) is 18.0. The van der Waals surface area contributed by atoms with Gasteiger partial charge in [0.15, 0.2) is 5.11 Å². The molecule has 0 spiro atoms.